The van der Waals surface area contributed by atoms with Crippen molar-refractivity contribution in [2.45, 2.75) is 0 Å². The SMILES string of the molecule is O=C(c1ccccn1)N1CCN(CCOc2ccccc2)CC1. The van der Waals surface area contributed by atoms with Crippen LogP contribution in [0.2, 0.25) is 0 Å². The summed E-state index contributed by atoms with van der Waals surface area (Å²) >= 11 is 0. The molecule has 5 heteroatoms. The molecule has 1 aliphatic heterocycles. The molecule has 1 saturated heterocycles. The smallest absolute Gasteiger partial charge is 0.272 e. The highest BCUT2D eigenvalue weighted by Crippen LogP contribution is 2.09. The van der Waals surface area contributed by atoms with Crippen molar-refractivity contribution in [1.82, 2.24) is 14.8 Å². The maximum absolute atomic E-state index is 12.3. The predicted octanol–water partition coefficient (Wildman–Crippen LogP) is 1.92. The van der Waals surface area contributed by atoms with Gasteiger partial charge in [-0.25, -0.2) is 0 Å². The summed E-state index contributed by atoms with van der Waals surface area (Å²) in [6.45, 7) is 4.76. The first-order valence-electron chi connectivity index (χ1n) is 7.93. The largest absolute Gasteiger partial charge is 0.492 e. The van der Waals surface area contributed by atoms with Crippen LogP contribution in [0, 0.1) is 0 Å². The molecule has 0 spiro atoms. The van der Waals surface area contributed by atoms with Crippen LogP contribution in [0.4, 0.5) is 0 Å². The van der Waals surface area contributed by atoms with Crippen molar-refractivity contribution in [1.29, 1.82) is 0 Å². The monoisotopic (exact) mass is 311 g/mol. The highest BCUT2D eigenvalue weighted by atomic mass is 16.5. The maximum atomic E-state index is 12.3. The number of aromatic nitrogens is 1. The molecule has 23 heavy (non-hydrogen) atoms. The zero-order chi connectivity index (χ0) is 15.9. The van der Waals surface area contributed by atoms with Crippen LogP contribution >= 0.6 is 0 Å². The standard InChI is InChI=1S/C18H21N3O2/c22-18(17-8-4-5-9-19-17)21-12-10-20(11-13-21)14-15-23-16-6-2-1-3-7-16/h1-9H,10-15H2. The lowest BCUT2D eigenvalue weighted by Crippen LogP contribution is -2.49. The van der Waals surface area contributed by atoms with Gasteiger partial charge in [-0.2, -0.15) is 0 Å². The molecule has 1 aromatic heterocycles. The molecule has 120 valence electrons. The Balaban J connectivity index is 1.41. The number of para-hydroxylation sites is 1. The van der Waals surface area contributed by atoms with Gasteiger partial charge in [0, 0.05) is 38.9 Å². The van der Waals surface area contributed by atoms with Gasteiger partial charge in [-0.1, -0.05) is 24.3 Å². The molecule has 0 unspecified atom stereocenters. The molecule has 2 aromatic rings. The normalized spacial score (nSPS) is 15.4. The number of ether oxygens (including phenoxy) is 1. The van der Waals surface area contributed by atoms with Crippen LogP contribution in [0.1, 0.15) is 10.5 Å². The summed E-state index contributed by atoms with van der Waals surface area (Å²) in [5.74, 6) is 0.919. The Kier molecular flexibility index (Phi) is 5.21. The van der Waals surface area contributed by atoms with Gasteiger partial charge in [0.15, 0.2) is 0 Å². The molecule has 1 aliphatic rings. The summed E-state index contributed by atoms with van der Waals surface area (Å²) in [5.41, 5.74) is 0.522. The third-order valence-corrected chi connectivity index (χ3v) is 3.96. The fourth-order valence-corrected chi connectivity index (χ4v) is 2.64. The fourth-order valence-electron chi connectivity index (χ4n) is 2.64. The molecule has 3 rings (SSSR count). The number of piperazine rings is 1. The molecule has 5 nitrogen and oxygen atoms in total. The number of carbonyl (C=O) groups excluding carboxylic acids is 1. The Morgan fingerprint density at radius 2 is 1.74 bits per heavy atom. The average Bonchev–Trinajstić information content (AvgIpc) is 2.63. The summed E-state index contributed by atoms with van der Waals surface area (Å²) in [6.07, 6.45) is 1.66. The molecule has 0 saturated carbocycles. The van der Waals surface area contributed by atoms with Crippen LogP contribution in [-0.2, 0) is 0 Å². The van der Waals surface area contributed by atoms with Crippen LogP contribution in [0.5, 0.6) is 5.75 Å². The minimum Gasteiger partial charge on any atom is -0.492 e. The Morgan fingerprint density at radius 3 is 2.43 bits per heavy atom. The maximum Gasteiger partial charge on any atom is 0.272 e. The molecule has 1 aromatic carbocycles. The molecule has 0 radical (unpaired) electrons. The van der Waals surface area contributed by atoms with Crippen LogP contribution in [-0.4, -0.2) is 60.0 Å². The average molecular weight is 311 g/mol. The van der Waals surface area contributed by atoms with E-state index < -0.39 is 0 Å². The van der Waals surface area contributed by atoms with Crippen molar-refractivity contribution < 1.29 is 9.53 Å². The van der Waals surface area contributed by atoms with E-state index in [0.717, 1.165) is 38.5 Å². The van der Waals surface area contributed by atoms with Crippen LogP contribution in [0.15, 0.2) is 54.7 Å². The summed E-state index contributed by atoms with van der Waals surface area (Å²) in [6, 6.07) is 15.3. The van der Waals surface area contributed by atoms with E-state index in [4.69, 9.17) is 4.74 Å². The molecule has 1 fully saturated rings. The summed E-state index contributed by atoms with van der Waals surface area (Å²) in [4.78, 5) is 20.7. The van der Waals surface area contributed by atoms with Crippen LogP contribution in [0.3, 0.4) is 0 Å². The number of rotatable bonds is 5. The lowest BCUT2D eigenvalue weighted by molar-refractivity contribution is 0.0614. The summed E-state index contributed by atoms with van der Waals surface area (Å²) in [7, 11) is 0. The number of benzene rings is 1. The van der Waals surface area contributed by atoms with E-state index in [0.29, 0.717) is 12.3 Å². The number of nitrogens with zero attached hydrogens (tertiary/aromatic N) is 3. The minimum atomic E-state index is 0.0192. The third kappa shape index (κ3) is 4.29. The van der Waals surface area contributed by atoms with Crippen molar-refractivity contribution in [3.05, 3.63) is 60.4 Å². The first-order chi connectivity index (χ1) is 11.3. The van der Waals surface area contributed by atoms with Gasteiger partial charge in [0.05, 0.1) is 0 Å². The van der Waals surface area contributed by atoms with Crippen molar-refractivity contribution in [3.63, 3.8) is 0 Å². The van der Waals surface area contributed by atoms with E-state index in [1.807, 2.05) is 47.4 Å². The molecular formula is C18H21N3O2. The second kappa shape index (κ2) is 7.74. The molecule has 2 heterocycles. The number of pyridine rings is 1. The first-order valence-corrected chi connectivity index (χ1v) is 7.93. The quantitative estimate of drug-likeness (QED) is 0.846. The van der Waals surface area contributed by atoms with Gasteiger partial charge in [0.1, 0.15) is 18.1 Å². The van der Waals surface area contributed by atoms with Gasteiger partial charge < -0.3 is 9.64 Å². The molecule has 0 atom stereocenters. The summed E-state index contributed by atoms with van der Waals surface area (Å²) in [5, 5.41) is 0. The topological polar surface area (TPSA) is 45.7 Å². The second-order valence-electron chi connectivity index (χ2n) is 5.51. The Hall–Kier alpha value is -2.40. The second-order valence-corrected chi connectivity index (χ2v) is 5.51. The van der Waals surface area contributed by atoms with Crippen molar-refractivity contribution in [3.8, 4) is 5.75 Å². The van der Waals surface area contributed by atoms with Crippen molar-refractivity contribution >= 4 is 5.91 Å². The first kappa shape index (κ1) is 15.5. The predicted molar refractivity (Wildman–Crippen MR) is 88.5 cm³/mol. The lowest BCUT2D eigenvalue weighted by atomic mass is 10.2. The van der Waals surface area contributed by atoms with Gasteiger partial charge in [-0.15, -0.1) is 0 Å². The molecule has 0 N–H and O–H groups in total. The van der Waals surface area contributed by atoms with Crippen LogP contribution < -0.4 is 4.74 Å². The van der Waals surface area contributed by atoms with Gasteiger partial charge in [0.2, 0.25) is 0 Å². The number of hydrogen-bond acceptors (Lipinski definition) is 4. The Labute approximate surface area is 136 Å². The summed E-state index contributed by atoms with van der Waals surface area (Å²) < 4.78 is 5.72. The van der Waals surface area contributed by atoms with E-state index in [1.54, 1.807) is 12.3 Å². The Morgan fingerprint density at radius 1 is 1.00 bits per heavy atom. The molecular weight excluding hydrogens is 290 g/mol. The van der Waals surface area contributed by atoms with E-state index >= 15 is 0 Å². The van der Waals surface area contributed by atoms with E-state index in [1.165, 1.54) is 0 Å². The third-order valence-electron chi connectivity index (χ3n) is 3.96. The minimum absolute atomic E-state index is 0.0192. The van der Waals surface area contributed by atoms with Crippen LogP contribution in [0.25, 0.3) is 0 Å². The molecule has 0 aliphatic carbocycles. The van der Waals surface area contributed by atoms with Gasteiger partial charge >= 0.3 is 0 Å². The van der Waals surface area contributed by atoms with Gasteiger partial charge in [-0.3, -0.25) is 14.7 Å². The highest BCUT2D eigenvalue weighted by Gasteiger charge is 2.22. The van der Waals surface area contributed by atoms with Gasteiger partial charge in [-0.05, 0) is 24.3 Å². The molecule has 0 bridgehead atoms. The van der Waals surface area contributed by atoms with E-state index in [2.05, 4.69) is 9.88 Å². The zero-order valence-electron chi connectivity index (χ0n) is 13.1. The van der Waals surface area contributed by atoms with Crippen molar-refractivity contribution in [2.75, 3.05) is 39.3 Å². The highest BCUT2D eigenvalue weighted by molar-refractivity contribution is 5.92. The zero-order valence-corrected chi connectivity index (χ0v) is 13.1. The Bertz CT molecular complexity index is 611. The van der Waals surface area contributed by atoms with E-state index in [-0.39, 0.29) is 5.91 Å². The van der Waals surface area contributed by atoms with Crippen molar-refractivity contribution in [2.24, 2.45) is 0 Å². The fraction of sp³-hybridized carbons (Fsp3) is 0.333. The number of amides is 1. The molecule has 1 amide bonds. The van der Waals surface area contributed by atoms with Gasteiger partial charge in [0.25, 0.3) is 5.91 Å². The van der Waals surface area contributed by atoms with E-state index in [9.17, 15) is 4.79 Å². The number of carbonyl (C=O) groups is 1. The lowest BCUT2D eigenvalue weighted by Gasteiger charge is -2.34. The number of hydrogen-bond donors (Lipinski definition) is 0.